The van der Waals surface area contributed by atoms with E-state index in [2.05, 4.69) is 21.2 Å². The molecule has 0 radical (unpaired) electrons. The highest BCUT2D eigenvalue weighted by Gasteiger charge is 2.10. The highest BCUT2D eigenvalue weighted by molar-refractivity contribution is 9.10. The lowest BCUT2D eigenvalue weighted by molar-refractivity contribution is 0.265. The van der Waals surface area contributed by atoms with E-state index in [4.69, 9.17) is 0 Å². The quantitative estimate of drug-likeness (QED) is 0.840. The van der Waals surface area contributed by atoms with Crippen LogP contribution in [0.2, 0.25) is 0 Å². The number of benzene rings is 2. The summed E-state index contributed by atoms with van der Waals surface area (Å²) in [5.41, 5.74) is 2.14. The van der Waals surface area contributed by atoms with Gasteiger partial charge in [0.05, 0.1) is 4.47 Å². The van der Waals surface area contributed by atoms with E-state index in [1.165, 1.54) is 6.07 Å². The maximum absolute atomic E-state index is 13.2. The molecule has 4 heteroatoms. The summed E-state index contributed by atoms with van der Waals surface area (Å²) in [4.78, 5) is 0. The highest BCUT2D eigenvalue weighted by atomic mass is 79.9. The Hall–Kier alpha value is -1.23. The minimum atomic E-state index is -0.260. The van der Waals surface area contributed by atoms with Crippen LogP contribution in [0.25, 0.3) is 0 Å². The summed E-state index contributed by atoms with van der Waals surface area (Å²) in [5.74, 6) is -0.260. The van der Waals surface area contributed by atoms with E-state index >= 15 is 0 Å². The van der Waals surface area contributed by atoms with Gasteiger partial charge in [-0.1, -0.05) is 36.4 Å². The molecule has 106 valence electrons. The fraction of sp³-hybridized carbons (Fsp3) is 0.250. The summed E-state index contributed by atoms with van der Waals surface area (Å²) < 4.78 is 13.7. The average Bonchev–Trinajstić information content (AvgIpc) is 2.48. The van der Waals surface area contributed by atoms with Crippen LogP contribution in [0.4, 0.5) is 4.39 Å². The maximum Gasteiger partial charge on any atom is 0.137 e. The van der Waals surface area contributed by atoms with Gasteiger partial charge in [0.15, 0.2) is 0 Å². The normalized spacial score (nSPS) is 12.3. The Kier molecular flexibility index (Phi) is 5.71. The lowest BCUT2D eigenvalue weighted by atomic mass is 10.0. The van der Waals surface area contributed by atoms with E-state index in [9.17, 15) is 9.50 Å². The zero-order valence-electron chi connectivity index (χ0n) is 11.0. The minimum Gasteiger partial charge on any atom is -0.396 e. The van der Waals surface area contributed by atoms with Gasteiger partial charge in [-0.05, 0) is 45.6 Å². The molecule has 2 N–H and O–H groups in total. The average molecular weight is 338 g/mol. The van der Waals surface area contributed by atoms with Gasteiger partial charge in [0, 0.05) is 19.2 Å². The SMILES string of the molecule is OCCC(NCc1ccc(F)c(Br)c1)c1ccccc1. The van der Waals surface area contributed by atoms with Crippen molar-refractivity contribution in [2.75, 3.05) is 6.61 Å². The van der Waals surface area contributed by atoms with Crippen molar-refractivity contribution in [1.82, 2.24) is 5.32 Å². The van der Waals surface area contributed by atoms with Crippen molar-refractivity contribution in [1.29, 1.82) is 0 Å². The second kappa shape index (κ2) is 7.53. The predicted octanol–water partition coefficient (Wildman–Crippen LogP) is 3.80. The molecule has 2 aromatic carbocycles. The molecule has 2 nitrogen and oxygen atoms in total. The molecule has 1 atom stereocenters. The molecule has 0 aliphatic carbocycles. The Bertz CT molecular complexity index is 547. The van der Waals surface area contributed by atoms with Crippen molar-refractivity contribution in [3.63, 3.8) is 0 Å². The van der Waals surface area contributed by atoms with Gasteiger partial charge in [0.25, 0.3) is 0 Å². The summed E-state index contributed by atoms with van der Waals surface area (Å²) in [6.45, 7) is 0.748. The predicted molar refractivity (Wildman–Crippen MR) is 81.8 cm³/mol. The molecule has 2 rings (SSSR count). The van der Waals surface area contributed by atoms with Gasteiger partial charge in [0.1, 0.15) is 5.82 Å². The molecule has 0 fully saturated rings. The number of halogens is 2. The Morgan fingerprint density at radius 2 is 1.90 bits per heavy atom. The van der Waals surface area contributed by atoms with Crippen LogP contribution < -0.4 is 5.32 Å². The van der Waals surface area contributed by atoms with Crippen molar-refractivity contribution in [2.45, 2.75) is 19.0 Å². The lowest BCUT2D eigenvalue weighted by Gasteiger charge is -2.18. The zero-order chi connectivity index (χ0) is 14.4. The van der Waals surface area contributed by atoms with E-state index in [0.717, 1.165) is 11.1 Å². The number of aliphatic hydroxyl groups excluding tert-OH is 1. The highest BCUT2D eigenvalue weighted by Crippen LogP contribution is 2.19. The molecule has 0 heterocycles. The molecule has 0 aliphatic heterocycles. The van der Waals surface area contributed by atoms with Crippen LogP contribution in [-0.4, -0.2) is 11.7 Å². The van der Waals surface area contributed by atoms with Crippen molar-refractivity contribution in [2.24, 2.45) is 0 Å². The standard InChI is InChI=1S/C16H17BrFNO/c17-14-10-12(6-7-15(14)18)11-19-16(8-9-20)13-4-2-1-3-5-13/h1-7,10,16,19-20H,8-9,11H2. The summed E-state index contributed by atoms with van der Waals surface area (Å²) in [5, 5.41) is 12.6. The molecule has 20 heavy (non-hydrogen) atoms. The summed E-state index contributed by atoms with van der Waals surface area (Å²) in [7, 11) is 0. The first-order valence-corrected chi connectivity index (χ1v) is 7.33. The van der Waals surface area contributed by atoms with Gasteiger partial charge >= 0.3 is 0 Å². The Balaban J connectivity index is 2.03. The molecule has 2 aromatic rings. The van der Waals surface area contributed by atoms with E-state index in [-0.39, 0.29) is 18.5 Å². The molecule has 1 unspecified atom stereocenters. The van der Waals surface area contributed by atoms with Gasteiger partial charge in [-0.15, -0.1) is 0 Å². The molecular weight excluding hydrogens is 321 g/mol. The molecule has 0 aromatic heterocycles. The Morgan fingerprint density at radius 3 is 2.55 bits per heavy atom. The summed E-state index contributed by atoms with van der Waals surface area (Å²) >= 11 is 3.19. The third kappa shape index (κ3) is 4.13. The van der Waals surface area contributed by atoms with Crippen LogP contribution in [0.1, 0.15) is 23.6 Å². The van der Waals surface area contributed by atoms with Gasteiger partial charge < -0.3 is 10.4 Å². The molecular formula is C16H17BrFNO. The fourth-order valence-corrected chi connectivity index (χ4v) is 2.52. The third-order valence-electron chi connectivity index (χ3n) is 3.16. The van der Waals surface area contributed by atoms with Crippen molar-refractivity contribution in [3.8, 4) is 0 Å². The largest absolute Gasteiger partial charge is 0.396 e. The number of hydrogen-bond acceptors (Lipinski definition) is 2. The zero-order valence-corrected chi connectivity index (χ0v) is 12.6. The second-order valence-electron chi connectivity index (χ2n) is 4.60. The topological polar surface area (TPSA) is 32.3 Å². The van der Waals surface area contributed by atoms with Crippen LogP contribution in [0.5, 0.6) is 0 Å². The van der Waals surface area contributed by atoms with Crippen molar-refractivity contribution < 1.29 is 9.50 Å². The molecule has 0 saturated heterocycles. The molecule has 0 saturated carbocycles. The third-order valence-corrected chi connectivity index (χ3v) is 3.76. The first-order chi connectivity index (χ1) is 9.70. The van der Waals surface area contributed by atoms with E-state index < -0.39 is 0 Å². The van der Waals surface area contributed by atoms with Gasteiger partial charge in [-0.25, -0.2) is 4.39 Å². The number of hydrogen-bond donors (Lipinski definition) is 2. The number of rotatable bonds is 6. The first kappa shape index (κ1) is 15.2. The Morgan fingerprint density at radius 1 is 1.15 bits per heavy atom. The lowest BCUT2D eigenvalue weighted by Crippen LogP contribution is -2.22. The van der Waals surface area contributed by atoms with Gasteiger partial charge in [-0.3, -0.25) is 0 Å². The molecule has 0 spiro atoms. The summed E-state index contributed by atoms with van der Waals surface area (Å²) in [6, 6.07) is 15.1. The first-order valence-electron chi connectivity index (χ1n) is 6.54. The van der Waals surface area contributed by atoms with Crippen molar-refractivity contribution >= 4 is 15.9 Å². The smallest absolute Gasteiger partial charge is 0.137 e. The van der Waals surface area contributed by atoms with Crippen LogP contribution in [-0.2, 0) is 6.54 Å². The number of aliphatic hydroxyl groups is 1. The van der Waals surface area contributed by atoms with E-state index in [1.807, 2.05) is 30.3 Å². The van der Waals surface area contributed by atoms with Crippen LogP contribution in [0.3, 0.4) is 0 Å². The van der Waals surface area contributed by atoms with Crippen LogP contribution in [0, 0.1) is 5.82 Å². The fourth-order valence-electron chi connectivity index (χ4n) is 2.09. The monoisotopic (exact) mass is 337 g/mol. The number of nitrogens with one attached hydrogen (secondary N) is 1. The molecule has 0 aliphatic rings. The van der Waals surface area contributed by atoms with Gasteiger partial charge in [0.2, 0.25) is 0 Å². The second-order valence-corrected chi connectivity index (χ2v) is 5.46. The molecule has 0 amide bonds. The molecule has 0 bridgehead atoms. The van der Waals surface area contributed by atoms with E-state index in [1.54, 1.807) is 12.1 Å². The van der Waals surface area contributed by atoms with Crippen LogP contribution in [0.15, 0.2) is 53.0 Å². The van der Waals surface area contributed by atoms with Gasteiger partial charge in [-0.2, -0.15) is 0 Å². The van der Waals surface area contributed by atoms with E-state index in [0.29, 0.717) is 17.4 Å². The maximum atomic E-state index is 13.2. The van der Waals surface area contributed by atoms with Crippen molar-refractivity contribution in [3.05, 3.63) is 69.9 Å². The minimum absolute atomic E-state index is 0.0880. The summed E-state index contributed by atoms with van der Waals surface area (Å²) in [6.07, 6.45) is 0.645. The van der Waals surface area contributed by atoms with Crippen LogP contribution >= 0.6 is 15.9 Å². The Labute approximate surface area is 126 Å².